The lowest BCUT2D eigenvalue weighted by Gasteiger charge is -2.27. The van der Waals surface area contributed by atoms with Gasteiger partial charge in [0, 0.05) is 18.6 Å². The minimum Gasteiger partial charge on any atom is -0.396 e. The molecule has 0 spiro atoms. The molecule has 0 aromatic carbocycles. The molecule has 0 aromatic rings. The summed E-state index contributed by atoms with van der Waals surface area (Å²) in [6.07, 6.45) is 3.98. The third kappa shape index (κ3) is 5.50. The number of rotatable bonds is 8. The number of carbonyl (C=O) groups is 1. The highest BCUT2D eigenvalue weighted by atomic mass is 16.2. The monoisotopic (exact) mass is 229 g/mol. The van der Waals surface area contributed by atoms with Gasteiger partial charge in [0.05, 0.1) is 0 Å². The zero-order valence-corrected chi connectivity index (χ0v) is 11.2. The van der Waals surface area contributed by atoms with Crippen LogP contribution in [0.1, 0.15) is 53.4 Å². The Labute approximate surface area is 99.6 Å². The Hall–Kier alpha value is -0.570. The molecule has 0 saturated heterocycles. The molecule has 3 heteroatoms. The number of hydrogen-bond acceptors (Lipinski definition) is 2. The van der Waals surface area contributed by atoms with Crippen molar-refractivity contribution in [3.8, 4) is 0 Å². The summed E-state index contributed by atoms with van der Waals surface area (Å²) in [4.78, 5) is 11.8. The second-order valence-electron chi connectivity index (χ2n) is 5.27. The summed E-state index contributed by atoms with van der Waals surface area (Å²) >= 11 is 0. The SMILES string of the molecule is CC(C)C(C)(C)C(=O)NCCCCCCO. The molecule has 0 radical (unpaired) electrons. The Morgan fingerprint density at radius 3 is 2.25 bits per heavy atom. The second kappa shape index (κ2) is 7.66. The molecule has 0 unspecified atom stereocenters. The molecule has 96 valence electrons. The zero-order valence-electron chi connectivity index (χ0n) is 11.2. The lowest BCUT2D eigenvalue weighted by atomic mass is 9.80. The lowest BCUT2D eigenvalue weighted by molar-refractivity contribution is -0.131. The molecule has 1 amide bonds. The maximum Gasteiger partial charge on any atom is 0.225 e. The molecule has 2 N–H and O–H groups in total. The van der Waals surface area contributed by atoms with Gasteiger partial charge >= 0.3 is 0 Å². The summed E-state index contributed by atoms with van der Waals surface area (Å²) in [6.45, 7) is 9.13. The van der Waals surface area contributed by atoms with E-state index in [1.165, 1.54) is 0 Å². The highest BCUT2D eigenvalue weighted by molar-refractivity contribution is 5.81. The fraction of sp³-hybridized carbons (Fsp3) is 0.923. The summed E-state index contributed by atoms with van der Waals surface area (Å²) in [6, 6.07) is 0. The maximum absolute atomic E-state index is 11.8. The van der Waals surface area contributed by atoms with Crippen molar-refractivity contribution in [2.45, 2.75) is 53.4 Å². The minimum atomic E-state index is -0.287. The molecule has 0 aliphatic rings. The van der Waals surface area contributed by atoms with Crippen LogP contribution in [-0.4, -0.2) is 24.2 Å². The van der Waals surface area contributed by atoms with E-state index in [4.69, 9.17) is 5.11 Å². The average molecular weight is 229 g/mol. The molecule has 0 atom stereocenters. The second-order valence-corrected chi connectivity index (χ2v) is 5.27. The van der Waals surface area contributed by atoms with E-state index in [2.05, 4.69) is 19.2 Å². The predicted molar refractivity (Wildman–Crippen MR) is 67.2 cm³/mol. The Kier molecular flexibility index (Phi) is 7.39. The molecule has 0 bridgehead atoms. The quantitative estimate of drug-likeness (QED) is 0.628. The molecule has 16 heavy (non-hydrogen) atoms. The summed E-state index contributed by atoms with van der Waals surface area (Å²) in [5.74, 6) is 0.492. The molecule has 0 aliphatic carbocycles. The number of hydrogen-bond donors (Lipinski definition) is 2. The van der Waals surface area contributed by atoms with Crippen LogP contribution in [0.2, 0.25) is 0 Å². The first-order valence-electron chi connectivity index (χ1n) is 6.32. The summed E-state index contributed by atoms with van der Waals surface area (Å²) in [7, 11) is 0. The number of amides is 1. The lowest BCUT2D eigenvalue weighted by Crippen LogP contribution is -2.40. The van der Waals surface area contributed by atoms with Crippen LogP contribution in [-0.2, 0) is 4.79 Å². The fourth-order valence-corrected chi connectivity index (χ4v) is 1.28. The van der Waals surface area contributed by atoms with Crippen molar-refractivity contribution < 1.29 is 9.90 Å². The van der Waals surface area contributed by atoms with Gasteiger partial charge in [0.15, 0.2) is 0 Å². The van der Waals surface area contributed by atoms with Crippen LogP contribution < -0.4 is 5.32 Å². The zero-order chi connectivity index (χ0) is 12.6. The van der Waals surface area contributed by atoms with Crippen LogP contribution >= 0.6 is 0 Å². The van der Waals surface area contributed by atoms with E-state index in [0.717, 1.165) is 32.2 Å². The molecule has 0 heterocycles. The minimum absolute atomic E-state index is 0.143. The fourth-order valence-electron chi connectivity index (χ4n) is 1.28. The first kappa shape index (κ1) is 15.4. The van der Waals surface area contributed by atoms with Gasteiger partial charge in [-0.25, -0.2) is 0 Å². The number of carbonyl (C=O) groups excluding carboxylic acids is 1. The topological polar surface area (TPSA) is 49.3 Å². The Morgan fingerprint density at radius 1 is 1.19 bits per heavy atom. The van der Waals surface area contributed by atoms with E-state index in [1.807, 2.05) is 13.8 Å². The van der Waals surface area contributed by atoms with Crippen LogP contribution in [0.15, 0.2) is 0 Å². The van der Waals surface area contributed by atoms with Gasteiger partial charge in [-0.05, 0) is 18.8 Å². The van der Waals surface area contributed by atoms with Crippen molar-refractivity contribution in [1.29, 1.82) is 0 Å². The largest absolute Gasteiger partial charge is 0.396 e. The van der Waals surface area contributed by atoms with Crippen molar-refractivity contribution >= 4 is 5.91 Å². The van der Waals surface area contributed by atoms with E-state index in [0.29, 0.717) is 5.92 Å². The molecular formula is C13H27NO2. The van der Waals surface area contributed by atoms with Crippen molar-refractivity contribution in [2.24, 2.45) is 11.3 Å². The Bertz CT molecular complexity index is 200. The van der Waals surface area contributed by atoms with Gasteiger partial charge in [0.1, 0.15) is 0 Å². The Morgan fingerprint density at radius 2 is 1.75 bits per heavy atom. The standard InChI is InChI=1S/C13H27NO2/c1-11(2)13(3,4)12(16)14-9-7-5-6-8-10-15/h11,15H,5-10H2,1-4H3,(H,14,16). The number of unbranched alkanes of at least 4 members (excludes halogenated alkanes) is 3. The molecule has 0 rings (SSSR count). The van der Waals surface area contributed by atoms with Crippen molar-refractivity contribution in [1.82, 2.24) is 5.32 Å². The maximum atomic E-state index is 11.8. The van der Waals surface area contributed by atoms with Gasteiger partial charge in [-0.1, -0.05) is 40.5 Å². The van der Waals surface area contributed by atoms with Crippen LogP contribution in [0, 0.1) is 11.3 Å². The average Bonchev–Trinajstić information content (AvgIpc) is 2.22. The van der Waals surface area contributed by atoms with E-state index in [-0.39, 0.29) is 17.9 Å². The molecule has 0 fully saturated rings. The third-order valence-electron chi connectivity index (χ3n) is 3.40. The predicted octanol–water partition coefficient (Wildman–Crippen LogP) is 2.34. The first-order chi connectivity index (χ1) is 7.42. The van der Waals surface area contributed by atoms with Gasteiger partial charge in [-0.2, -0.15) is 0 Å². The van der Waals surface area contributed by atoms with E-state index >= 15 is 0 Å². The van der Waals surface area contributed by atoms with Crippen molar-refractivity contribution in [2.75, 3.05) is 13.2 Å². The summed E-state index contributed by atoms with van der Waals surface area (Å²) < 4.78 is 0. The van der Waals surface area contributed by atoms with E-state index < -0.39 is 0 Å². The van der Waals surface area contributed by atoms with Gasteiger partial charge in [0.2, 0.25) is 5.91 Å². The Balaban J connectivity index is 3.66. The van der Waals surface area contributed by atoms with Crippen molar-refractivity contribution in [3.05, 3.63) is 0 Å². The van der Waals surface area contributed by atoms with Gasteiger partial charge in [0.25, 0.3) is 0 Å². The highest BCUT2D eigenvalue weighted by Gasteiger charge is 2.30. The van der Waals surface area contributed by atoms with Gasteiger partial charge in [-0.3, -0.25) is 4.79 Å². The normalized spacial score (nSPS) is 11.9. The number of aliphatic hydroxyl groups is 1. The van der Waals surface area contributed by atoms with Gasteiger partial charge < -0.3 is 10.4 Å². The van der Waals surface area contributed by atoms with Crippen LogP contribution in [0.5, 0.6) is 0 Å². The molecule has 3 nitrogen and oxygen atoms in total. The molecular weight excluding hydrogens is 202 g/mol. The molecule has 0 aromatic heterocycles. The smallest absolute Gasteiger partial charge is 0.225 e. The number of nitrogens with one attached hydrogen (secondary N) is 1. The van der Waals surface area contributed by atoms with Crippen LogP contribution in [0.4, 0.5) is 0 Å². The molecule has 0 saturated carbocycles. The summed E-state index contributed by atoms with van der Waals surface area (Å²) in [5.41, 5.74) is -0.287. The molecule has 0 aliphatic heterocycles. The van der Waals surface area contributed by atoms with Crippen LogP contribution in [0.25, 0.3) is 0 Å². The van der Waals surface area contributed by atoms with Crippen LogP contribution in [0.3, 0.4) is 0 Å². The van der Waals surface area contributed by atoms with Crippen molar-refractivity contribution in [3.63, 3.8) is 0 Å². The van der Waals surface area contributed by atoms with E-state index in [1.54, 1.807) is 0 Å². The van der Waals surface area contributed by atoms with Gasteiger partial charge in [-0.15, -0.1) is 0 Å². The van der Waals surface area contributed by atoms with E-state index in [9.17, 15) is 4.79 Å². The number of aliphatic hydroxyl groups excluding tert-OH is 1. The summed E-state index contributed by atoms with van der Waals surface area (Å²) in [5, 5.41) is 11.6. The first-order valence-corrected chi connectivity index (χ1v) is 6.32. The highest BCUT2D eigenvalue weighted by Crippen LogP contribution is 2.25. The third-order valence-corrected chi connectivity index (χ3v) is 3.40.